The average molecular weight is 519 g/mol. The highest BCUT2D eigenvalue weighted by Gasteiger charge is 2.54. The van der Waals surface area contributed by atoms with Crippen LogP contribution in [-0.4, -0.2) is 51.3 Å². The Morgan fingerprint density at radius 2 is 0.824 bits per heavy atom. The molecule has 0 radical (unpaired) electrons. The molecule has 0 saturated carbocycles. The van der Waals surface area contributed by atoms with Crippen LogP contribution in [0.5, 0.6) is 0 Å². The lowest BCUT2D eigenvalue weighted by Crippen LogP contribution is -2.53. The van der Waals surface area contributed by atoms with Gasteiger partial charge in [-0.05, 0) is 24.9 Å². The minimum absolute atomic E-state index is 0.174. The molecule has 0 aromatic heterocycles. The van der Waals surface area contributed by atoms with Gasteiger partial charge in [0.2, 0.25) is 0 Å². The van der Waals surface area contributed by atoms with Crippen LogP contribution in [0.4, 0.5) is 0 Å². The Labute approximate surface area is 214 Å². The van der Waals surface area contributed by atoms with Crippen molar-refractivity contribution in [1.29, 1.82) is 0 Å². The van der Waals surface area contributed by atoms with Crippen molar-refractivity contribution < 1.29 is 22.5 Å². The van der Waals surface area contributed by atoms with Gasteiger partial charge in [0.1, 0.15) is 5.78 Å². The van der Waals surface area contributed by atoms with Crippen LogP contribution in [0.3, 0.4) is 0 Å². The lowest BCUT2D eigenvalue weighted by atomic mass is 10.0. The molecule has 0 fully saturated rings. The van der Waals surface area contributed by atoms with E-state index in [0.717, 1.165) is 37.8 Å². The molecule has 0 bridgehead atoms. The van der Waals surface area contributed by atoms with Crippen molar-refractivity contribution in [3.8, 4) is 0 Å². The van der Waals surface area contributed by atoms with Crippen LogP contribution in [-0.2, 0) is 22.5 Å². The van der Waals surface area contributed by atoms with E-state index in [1.807, 2.05) is 0 Å². The number of Topliss-reactive ketones (excluding diaryl/α,β-unsaturated/α-hetero) is 1. The SMILES string of the molecule is CCCCCCCCC(C(=O)C(CCCCCCCC)[Si](CC)(OC)OC)[Si](CC)(OC)OC. The first-order chi connectivity index (χ1) is 16.4. The molecule has 0 aliphatic rings. The standard InChI is InChI=1S/C27H58O5Si2/c1-9-13-15-17-19-21-23-25(33(11-3,29-5)30-6)27(28)26(34(12-4,31-7)32-8)24-22-20-18-16-14-10-2/h25-26H,9-24H2,1-8H3. The summed E-state index contributed by atoms with van der Waals surface area (Å²) in [6, 6.07) is 1.55. The van der Waals surface area contributed by atoms with Crippen LogP contribution in [0.2, 0.25) is 23.2 Å². The van der Waals surface area contributed by atoms with Gasteiger partial charge in [0.15, 0.2) is 0 Å². The molecule has 0 amide bonds. The number of carbonyl (C=O) groups is 1. The zero-order valence-electron chi connectivity index (χ0n) is 24.0. The Morgan fingerprint density at radius 1 is 0.529 bits per heavy atom. The smallest absolute Gasteiger partial charge is 0.348 e. The number of unbranched alkanes of at least 4 members (excludes halogenated alkanes) is 10. The molecule has 34 heavy (non-hydrogen) atoms. The highest BCUT2D eigenvalue weighted by molar-refractivity contribution is 6.77. The Morgan fingerprint density at radius 3 is 1.09 bits per heavy atom. The fraction of sp³-hybridized carbons (Fsp3) is 0.963. The van der Waals surface area contributed by atoms with Crippen LogP contribution in [0.15, 0.2) is 0 Å². The monoisotopic (exact) mass is 518 g/mol. The average Bonchev–Trinajstić information content (AvgIpc) is 2.87. The molecule has 0 aromatic rings. The summed E-state index contributed by atoms with van der Waals surface area (Å²) in [5, 5.41) is 0. The van der Waals surface area contributed by atoms with Gasteiger partial charge in [0.05, 0.1) is 11.1 Å². The van der Waals surface area contributed by atoms with Crippen LogP contribution < -0.4 is 0 Å². The van der Waals surface area contributed by atoms with Crippen molar-refractivity contribution in [2.45, 2.75) is 141 Å². The van der Waals surface area contributed by atoms with Gasteiger partial charge in [-0.1, -0.05) is 105 Å². The Balaban J connectivity index is 5.75. The third-order valence-corrected chi connectivity index (χ3v) is 15.8. The Kier molecular flexibility index (Phi) is 20.0. The molecular formula is C27H58O5Si2. The number of rotatable bonds is 24. The predicted molar refractivity (Wildman–Crippen MR) is 149 cm³/mol. The van der Waals surface area contributed by atoms with Gasteiger partial charge < -0.3 is 17.7 Å². The molecular weight excluding hydrogens is 460 g/mol. The molecule has 7 heteroatoms. The van der Waals surface area contributed by atoms with Gasteiger partial charge >= 0.3 is 17.1 Å². The fourth-order valence-corrected chi connectivity index (χ4v) is 11.8. The van der Waals surface area contributed by atoms with Crippen molar-refractivity contribution in [2.24, 2.45) is 0 Å². The second-order valence-corrected chi connectivity index (χ2v) is 17.5. The van der Waals surface area contributed by atoms with Crippen LogP contribution in [0.1, 0.15) is 118 Å². The van der Waals surface area contributed by atoms with Gasteiger partial charge in [-0.15, -0.1) is 0 Å². The summed E-state index contributed by atoms with van der Waals surface area (Å²) in [7, 11) is 1.61. The largest absolute Gasteiger partial charge is 0.397 e. The molecule has 0 aliphatic carbocycles. The van der Waals surface area contributed by atoms with E-state index in [-0.39, 0.29) is 16.9 Å². The minimum Gasteiger partial charge on any atom is -0.397 e. The molecule has 5 nitrogen and oxygen atoms in total. The van der Waals surface area contributed by atoms with E-state index in [1.54, 1.807) is 28.4 Å². The number of hydrogen-bond donors (Lipinski definition) is 0. The minimum atomic E-state index is -2.67. The topological polar surface area (TPSA) is 54.0 Å². The fourth-order valence-electron chi connectivity index (χ4n) is 5.46. The van der Waals surface area contributed by atoms with E-state index in [1.165, 1.54) is 64.2 Å². The highest BCUT2D eigenvalue weighted by atomic mass is 28.4. The number of ketones is 1. The molecule has 2 atom stereocenters. The maximum Gasteiger partial charge on any atom is 0.348 e. The van der Waals surface area contributed by atoms with E-state index < -0.39 is 17.1 Å². The second kappa shape index (κ2) is 20.1. The number of carbonyl (C=O) groups excluding carboxylic acids is 1. The van der Waals surface area contributed by atoms with Gasteiger partial charge in [0.25, 0.3) is 0 Å². The van der Waals surface area contributed by atoms with E-state index >= 15 is 0 Å². The van der Waals surface area contributed by atoms with E-state index in [4.69, 9.17) is 17.7 Å². The lowest BCUT2D eigenvalue weighted by molar-refractivity contribution is -0.120. The third kappa shape index (κ3) is 10.5. The van der Waals surface area contributed by atoms with Gasteiger partial charge in [-0.3, -0.25) is 4.79 Å². The molecule has 0 spiro atoms. The van der Waals surface area contributed by atoms with Crippen LogP contribution in [0, 0.1) is 0 Å². The summed E-state index contributed by atoms with van der Waals surface area (Å²) in [6.45, 7) is 8.71. The molecule has 0 aromatic carbocycles. The summed E-state index contributed by atoms with van der Waals surface area (Å²) < 4.78 is 24.3. The maximum atomic E-state index is 14.4. The molecule has 0 saturated heterocycles. The zero-order chi connectivity index (χ0) is 25.9. The lowest BCUT2D eigenvalue weighted by Gasteiger charge is -2.39. The molecule has 0 aliphatic heterocycles. The molecule has 0 rings (SSSR count). The molecule has 2 unspecified atom stereocenters. The summed E-state index contributed by atoms with van der Waals surface area (Å²) in [6.07, 6.45) is 16.2. The normalized spacial score (nSPS) is 14.4. The van der Waals surface area contributed by atoms with Gasteiger partial charge in [-0.25, -0.2) is 0 Å². The summed E-state index contributed by atoms with van der Waals surface area (Å²) in [5.41, 5.74) is -0.347. The van der Waals surface area contributed by atoms with Crippen molar-refractivity contribution in [1.82, 2.24) is 0 Å². The highest BCUT2D eigenvalue weighted by Crippen LogP contribution is 2.43. The zero-order valence-corrected chi connectivity index (χ0v) is 26.0. The third-order valence-electron chi connectivity index (χ3n) is 7.81. The number of hydrogen-bond acceptors (Lipinski definition) is 5. The molecule has 0 N–H and O–H groups in total. The molecule has 204 valence electrons. The van der Waals surface area contributed by atoms with Crippen LogP contribution >= 0.6 is 0 Å². The van der Waals surface area contributed by atoms with Crippen molar-refractivity contribution >= 4 is 22.9 Å². The summed E-state index contributed by atoms with van der Waals surface area (Å²) >= 11 is 0. The van der Waals surface area contributed by atoms with E-state index in [9.17, 15) is 4.79 Å². The summed E-state index contributed by atoms with van der Waals surface area (Å²) in [4.78, 5) is 14.4. The van der Waals surface area contributed by atoms with Crippen molar-refractivity contribution in [3.63, 3.8) is 0 Å². The van der Waals surface area contributed by atoms with Gasteiger partial charge in [0, 0.05) is 28.4 Å². The van der Waals surface area contributed by atoms with Crippen molar-refractivity contribution in [3.05, 3.63) is 0 Å². The quantitative estimate of drug-likeness (QED) is 0.0949. The van der Waals surface area contributed by atoms with Gasteiger partial charge in [-0.2, -0.15) is 0 Å². The first-order valence-electron chi connectivity index (χ1n) is 14.2. The first-order valence-corrected chi connectivity index (χ1v) is 18.4. The van der Waals surface area contributed by atoms with E-state index in [2.05, 4.69) is 27.7 Å². The van der Waals surface area contributed by atoms with Crippen LogP contribution in [0.25, 0.3) is 0 Å². The Hall–Kier alpha value is -0.0562. The maximum absolute atomic E-state index is 14.4. The Bertz CT molecular complexity index is 437. The first kappa shape index (κ1) is 33.9. The molecule has 0 heterocycles. The second-order valence-electron chi connectivity index (χ2n) is 9.77. The van der Waals surface area contributed by atoms with Crippen molar-refractivity contribution in [2.75, 3.05) is 28.4 Å². The summed E-state index contributed by atoms with van der Waals surface area (Å²) in [5.74, 6) is 0.288. The van der Waals surface area contributed by atoms with E-state index in [0.29, 0.717) is 0 Å². The predicted octanol–water partition coefficient (Wildman–Crippen LogP) is 8.31.